The lowest BCUT2D eigenvalue weighted by molar-refractivity contribution is 0.0699. The average Bonchev–Trinajstić information content (AvgIpc) is 2.88. The molecule has 0 aliphatic rings. The van der Waals surface area contributed by atoms with E-state index in [4.69, 9.17) is 5.73 Å². The summed E-state index contributed by atoms with van der Waals surface area (Å²) in [5.74, 6) is 4.35. The number of rotatable bonds is 6. The molecule has 2 aromatic carbocycles. The molecule has 0 radical (unpaired) electrons. The summed E-state index contributed by atoms with van der Waals surface area (Å²) in [5.41, 5.74) is 8.20. The van der Waals surface area contributed by atoms with Gasteiger partial charge in [0.1, 0.15) is 17.1 Å². The number of benzene rings is 2. The predicted octanol–water partition coefficient (Wildman–Crippen LogP) is 2.73. The lowest BCUT2D eigenvalue weighted by Gasteiger charge is -2.17. The number of aromatic carboxylic acids is 1. The minimum absolute atomic E-state index is 0.0219. The number of phenolic OH excluding ortho intramolecular Hbond substituents is 1. The van der Waals surface area contributed by atoms with Gasteiger partial charge in [0.25, 0.3) is 5.91 Å². The van der Waals surface area contributed by atoms with E-state index in [0.717, 1.165) is 5.56 Å². The second-order valence-electron chi connectivity index (χ2n) is 7.83. The third kappa shape index (κ3) is 5.79. The first kappa shape index (κ1) is 23.4. The van der Waals surface area contributed by atoms with Crippen LogP contribution in [0.1, 0.15) is 37.7 Å². The maximum atomic E-state index is 12.9. The van der Waals surface area contributed by atoms with Crippen LogP contribution in [0.2, 0.25) is 0 Å². The summed E-state index contributed by atoms with van der Waals surface area (Å²) in [7, 11) is 0. The third-order valence-electron chi connectivity index (χ3n) is 5.31. The highest BCUT2D eigenvalue weighted by Crippen LogP contribution is 2.21. The quantitative estimate of drug-likeness (QED) is 0.321. The molecule has 4 rings (SSSR count). The summed E-state index contributed by atoms with van der Waals surface area (Å²) < 4.78 is 0. The van der Waals surface area contributed by atoms with Gasteiger partial charge in [-0.2, -0.15) is 0 Å². The van der Waals surface area contributed by atoms with Crippen LogP contribution in [-0.2, 0) is 6.42 Å². The van der Waals surface area contributed by atoms with Crippen molar-refractivity contribution in [2.75, 3.05) is 6.54 Å². The van der Waals surface area contributed by atoms with Gasteiger partial charge in [-0.05, 0) is 66.4 Å². The van der Waals surface area contributed by atoms with Crippen molar-refractivity contribution in [3.05, 3.63) is 101 Å². The van der Waals surface area contributed by atoms with Crippen LogP contribution in [0.4, 0.5) is 0 Å². The molecule has 0 spiro atoms. The Balaban J connectivity index is 1.60. The first-order valence-corrected chi connectivity index (χ1v) is 10.8. The van der Waals surface area contributed by atoms with Crippen molar-refractivity contribution in [1.82, 2.24) is 15.3 Å². The number of carbonyl (C=O) groups is 2. The number of carbonyl (C=O) groups excluding carboxylic acids is 1. The van der Waals surface area contributed by atoms with Crippen molar-refractivity contribution in [2.24, 2.45) is 5.73 Å². The fraction of sp³-hybridized carbons (Fsp3) is 0.111. The molecule has 2 aromatic heterocycles. The number of fused-ring (bicyclic) bond motifs is 1. The van der Waals surface area contributed by atoms with Gasteiger partial charge in [0.15, 0.2) is 0 Å². The lowest BCUT2D eigenvalue weighted by Crippen LogP contribution is -2.42. The van der Waals surface area contributed by atoms with Crippen LogP contribution in [0.5, 0.6) is 5.75 Å². The Labute approximate surface area is 201 Å². The standard InChI is InChI=1S/C27H22N4O4/c28-16-20(13-17-5-9-21(32)10-6-17)30-26(33)25-15-23(27(34)35)22-14-18(7-11-24(22)31-25)4-8-19-3-1-2-12-29-19/h1-3,5-7,9-12,14-15,20,32H,13,16,28H2,(H,30,33)(H,34,35)/t20-/m0/s1. The summed E-state index contributed by atoms with van der Waals surface area (Å²) in [6.07, 6.45) is 2.09. The molecular formula is C27H22N4O4. The minimum Gasteiger partial charge on any atom is -0.508 e. The van der Waals surface area contributed by atoms with Crippen LogP contribution in [0.15, 0.2) is 72.9 Å². The van der Waals surface area contributed by atoms with Crippen molar-refractivity contribution >= 4 is 22.8 Å². The highest BCUT2D eigenvalue weighted by Gasteiger charge is 2.19. The molecule has 174 valence electrons. The van der Waals surface area contributed by atoms with Gasteiger partial charge in [0.05, 0.1) is 11.1 Å². The number of carboxylic acids is 1. The van der Waals surface area contributed by atoms with E-state index >= 15 is 0 Å². The second kappa shape index (κ2) is 10.5. The number of hydrogen-bond donors (Lipinski definition) is 4. The van der Waals surface area contributed by atoms with E-state index in [9.17, 15) is 19.8 Å². The Hall–Kier alpha value is -4.74. The topological polar surface area (TPSA) is 138 Å². The van der Waals surface area contributed by atoms with Crippen molar-refractivity contribution in [3.8, 4) is 17.6 Å². The molecule has 8 nitrogen and oxygen atoms in total. The van der Waals surface area contributed by atoms with Crippen LogP contribution < -0.4 is 11.1 Å². The van der Waals surface area contributed by atoms with Crippen molar-refractivity contribution in [3.63, 3.8) is 0 Å². The molecule has 0 fully saturated rings. The Morgan fingerprint density at radius 1 is 1.03 bits per heavy atom. The maximum Gasteiger partial charge on any atom is 0.336 e. The number of amides is 1. The summed E-state index contributed by atoms with van der Waals surface area (Å²) >= 11 is 0. The number of nitrogens with one attached hydrogen (secondary N) is 1. The lowest BCUT2D eigenvalue weighted by atomic mass is 10.0. The SMILES string of the molecule is NC[C@H](Cc1ccc(O)cc1)NC(=O)c1cc(C(=O)O)c2cc(C#Cc3ccccn3)ccc2n1. The van der Waals surface area contributed by atoms with E-state index in [1.54, 1.807) is 60.8 Å². The molecule has 35 heavy (non-hydrogen) atoms. The monoisotopic (exact) mass is 466 g/mol. The average molecular weight is 466 g/mol. The molecule has 5 N–H and O–H groups in total. The van der Waals surface area contributed by atoms with Crippen LogP contribution in [0.3, 0.4) is 0 Å². The van der Waals surface area contributed by atoms with Gasteiger partial charge in [-0.15, -0.1) is 0 Å². The molecule has 2 heterocycles. The highest BCUT2D eigenvalue weighted by molar-refractivity contribution is 6.06. The summed E-state index contributed by atoms with van der Waals surface area (Å²) in [5, 5.41) is 22.4. The molecule has 1 amide bonds. The molecule has 0 aliphatic carbocycles. The van der Waals surface area contributed by atoms with E-state index in [1.165, 1.54) is 6.07 Å². The molecule has 0 unspecified atom stereocenters. The zero-order valence-electron chi connectivity index (χ0n) is 18.6. The van der Waals surface area contributed by atoms with Crippen molar-refractivity contribution < 1.29 is 19.8 Å². The van der Waals surface area contributed by atoms with Crippen LogP contribution >= 0.6 is 0 Å². The van der Waals surface area contributed by atoms with Crippen molar-refractivity contribution in [1.29, 1.82) is 0 Å². The fourth-order valence-electron chi connectivity index (χ4n) is 3.54. The molecule has 4 aromatic rings. The normalized spacial score (nSPS) is 11.3. The number of nitrogens with two attached hydrogens (primary N) is 1. The first-order chi connectivity index (χ1) is 16.9. The van der Waals surface area contributed by atoms with E-state index in [1.807, 2.05) is 6.07 Å². The van der Waals surface area contributed by atoms with E-state index in [2.05, 4.69) is 27.1 Å². The van der Waals surface area contributed by atoms with Crippen LogP contribution in [0, 0.1) is 11.8 Å². The van der Waals surface area contributed by atoms with Gasteiger partial charge in [-0.25, -0.2) is 14.8 Å². The van der Waals surface area contributed by atoms with Gasteiger partial charge in [0, 0.05) is 29.7 Å². The number of pyridine rings is 2. The summed E-state index contributed by atoms with van der Waals surface area (Å²) in [4.78, 5) is 33.4. The largest absolute Gasteiger partial charge is 0.508 e. The van der Waals surface area contributed by atoms with Crippen molar-refractivity contribution in [2.45, 2.75) is 12.5 Å². The molecule has 0 saturated heterocycles. The molecule has 1 atom stereocenters. The summed E-state index contributed by atoms with van der Waals surface area (Å²) in [6, 6.07) is 17.9. The number of nitrogens with zero attached hydrogens (tertiary/aromatic N) is 2. The number of phenols is 1. The number of hydrogen-bond acceptors (Lipinski definition) is 6. The first-order valence-electron chi connectivity index (χ1n) is 10.8. The Bertz CT molecular complexity index is 1440. The highest BCUT2D eigenvalue weighted by atomic mass is 16.4. The Morgan fingerprint density at radius 2 is 1.83 bits per heavy atom. The molecule has 0 aliphatic heterocycles. The smallest absolute Gasteiger partial charge is 0.336 e. The summed E-state index contributed by atoms with van der Waals surface area (Å²) in [6.45, 7) is 0.171. The van der Waals surface area contributed by atoms with Gasteiger partial charge < -0.3 is 21.3 Å². The van der Waals surface area contributed by atoms with Crippen LogP contribution in [-0.4, -0.2) is 44.6 Å². The number of aromatic nitrogens is 2. The Morgan fingerprint density at radius 3 is 2.51 bits per heavy atom. The number of aromatic hydroxyl groups is 1. The molecular weight excluding hydrogens is 444 g/mol. The Kier molecular flexibility index (Phi) is 7.00. The predicted molar refractivity (Wildman–Crippen MR) is 131 cm³/mol. The third-order valence-corrected chi connectivity index (χ3v) is 5.31. The van der Waals surface area contributed by atoms with Crippen LogP contribution in [0.25, 0.3) is 10.9 Å². The van der Waals surface area contributed by atoms with E-state index in [0.29, 0.717) is 28.6 Å². The van der Waals surface area contributed by atoms with E-state index < -0.39 is 17.9 Å². The molecule has 0 saturated carbocycles. The molecule has 8 heteroatoms. The minimum atomic E-state index is -1.18. The van der Waals surface area contributed by atoms with Gasteiger partial charge in [-0.1, -0.05) is 24.1 Å². The van der Waals surface area contributed by atoms with Gasteiger partial charge >= 0.3 is 5.97 Å². The zero-order valence-corrected chi connectivity index (χ0v) is 18.6. The zero-order chi connectivity index (χ0) is 24.8. The fourth-order valence-corrected chi connectivity index (χ4v) is 3.54. The van der Waals surface area contributed by atoms with E-state index in [-0.39, 0.29) is 23.6 Å². The second-order valence-corrected chi connectivity index (χ2v) is 7.83. The maximum absolute atomic E-state index is 12.9. The van der Waals surface area contributed by atoms with Gasteiger partial charge in [0.2, 0.25) is 0 Å². The molecule has 0 bridgehead atoms. The number of carboxylic acid groups (broad SMARTS) is 1. The van der Waals surface area contributed by atoms with Gasteiger partial charge in [-0.3, -0.25) is 4.79 Å².